The molecule has 0 radical (unpaired) electrons. The average Bonchev–Trinajstić information content (AvgIpc) is 2.72. The Hall–Kier alpha value is -1.35. The van der Waals surface area contributed by atoms with Gasteiger partial charge in [-0.2, -0.15) is 13.2 Å². The average molecular weight is 283 g/mol. The first-order valence-electron chi connectivity index (χ1n) is 5.00. The van der Waals surface area contributed by atoms with E-state index in [0.29, 0.717) is 0 Å². The summed E-state index contributed by atoms with van der Waals surface area (Å²) >= 11 is 0.940. The maximum absolute atomic E-state index is 12.3. The predicted molar refractivity (Wildman–Crippen MR) is 60.6 cm³/mol. The minimum Gasteiger partial charge on any atom is -0.480 e. The van der Waals surface area contributed by atoms with Crippen molar-refractivity contribution in [1.82, 2.24) is 4.98 Å². The molecule has 9 heteroatoms. The number of halogens is 3. The zero-order valence-electron chi connectivity index (χ0n) is 9.44. The molecule has 0 saturated carbocycles. The third kappa shape index (κ3) is 3.84. The molecule has 1 rings (SSSR count). The standard InChI is InChI=1S/C9H12F3N3O2S/c1-2-15(4-9(10,11)12)8-14-5(3-18-8)6(13)7(16)17/h3,6H,2,4,13H2,1H3,(H,16,17). The van der Waals surface area contributed by atoms with Gasteiger partial charge < -0.3 is 15.7 Å². The van der Waals surface area contributed by atoms with Crippen LogP contribution >= 0.6 is 11.3 Å². The topological polar surface area (TPSA) is 79.5 Å². The Morgan fingerprint density at radius 3 is 2.72 bits per heavy atom. The van der Waals surface area contributed by atoms with Gasteiger partial charge in [0.25, 0.3) is 0 Å². The highest BCUT2D eigenvalue weighted by Gasteiger charge is 2.31. The normalized spacial score (nSPS) is 13.4. The number of carbonyl (C=O) groups is 1. The number of nitrogens with zero attached hydrogens (tertiary/aromatic N) is 2. The van der Waals surface area contributed by atoms with Crippen molar-refractivity contribution >= 4 is 22.4 Å². The van der Waals surface area contributed by atoms with Gasteiger partial charge in [-0.15, -0.1) is 11.3 Å². The first-order chi connectivity index (χ1) is 8.24. The van der Waals surface area contributed by atoms with E-state index in [1.54, 1.807) is 6.92 Å². The van der Waals surface area contributed by atoms with Crippen LogP contribution in [0, 0.1) is 0 Å². The highest BCUT2D eigenvalue weighted by molar-refractivity contribution is 7.13. The van der Waals surface area contributed by atoms with Gasteiger partial charge in [-0.3, -0.25) is 4.79 Å². The minimum atomic E-state index is -4.34. The first kappa shape index (κ1) is 14.7. The fraction of sp³-hybridized carbons (Fsp3) is 0.556. The third-order valence-corrected chi connectivity index (χ3v) is 3.04. The Kier molecular flexibility index (Phi) is 4.52. The quantitative estimate of drug-likeness (QED) is 0.858. The lowest BCUT2D eigenvalue weighted by Gasteiger charge is -2.21. The van der Waals surface area contributed by atoms with E-state index in [2.05, 4.69) is 4.98 Å². The minimum absolute atomic E-state index is 0.0584. The van der Waals surface area contributed by atoms with E-state index in [4.69, 9.17) is 10.8 Å². The van der Waals surface area contributed by atoms with Gasteiger partial charge in [0.15, 0.2) is 5.13 Å². The van der Waals surface area contributed by atoms with Crippen molar-refractivity contribution in [3.05, 3.63) is 11.1 Å². The summed E-state index contributed by atoms with van der Waals surface area (Å²) < 4.78 is 36.9. The molecule has 0 bridgehead atoms. The van der Waals surface area contributed by atoms with Gasteiger partial charge in [0.2, 0.25) is 0 Å². The predicted octanol–water partition coefficient (Wildman–Crippen LogP) is 1.62. The van der Waals surface area contributed by atoms with Crippen LogP contribution < -0.4 is 10.6 Å². The van der Waals surface area contributed by atoms with Crippen LogP contribution in [0.1, 0.15) is 18.7 Å². The number of alkyl halides is 3. The second-order valence-corrected chi connectivity index (χ2v) is 4.34. The molecular formula is C9H12F3N3O2S. The molecule has 1 unspecified atom stereocenters. The molecule has 0 spiro atoms. The number of nitrogens with two attached hydrogens (primary N) is 1. The number of rotatable bonds is 5. The van der Waals surface area contributed by atoms with Gasteiger partial charge in [0.05, 0.1) is 5.69 Å². The maximum atomic E-state index is 12.3. The van der Waals surface area contributed by atoms with E-state index in [1.165, 1.54) is 5.38 Å². The lowest BCUT2D eigenvalue weighted by Crippen LogP contribution is -2.34. The van der Waals surface area contributed by atoms with Crippen LogP contribution in [0.15, 0.2) is 5.38 Å². The van der Waals surface area contributed by atoms with Gasteiger partial charge in [-0.25, -0.2) is 4.98 Å². The molecule has 0 aliphatic rings. The van der Waals surface area contributed by atoms with Crippen molar-refractivity contribution in [2.75, 3.05) is 18.0 Å². The zero-order chi connectivity index (χ0) is 13.9. The van der Waals surface area contributed by atoms with Gasteiger partial charge >= 0.3 is 12.1 Å². The smallest absolute Gasteiger partial charge is 0.406 e. The molecule has 5 nitrogen and oxygen atoms in total. The monoisotopic (exact) mass is 283 g/mol. The Morgan fingerprint density at radius 2 is 2.28 bits per heavy atom. The summed E-state index contributed by atoms with van der Waals surface area (Å²) in [6.07, 6.45) is -4.34. The van der Waals surface area contributed by atoms with E-state index in [1.807, 2.05) is 0 Å². The molecular weight excluding hydrogens is 271 g/mol. The number of hydrogen-bond donors (Lipinski definition) is 2. The summed E-state index contributed by atoms with van der Waals surface area (Å²) in [6, 6.07) is -1.32. The van der Waals surface area contributed by atoms with E-state index in [0.717, 1.165) is 16.2 Å². The molecule has 0 aliphatic carbocycles. The molecule has 0 aliphatic heterocycles. The van der Waals surface area contributed by atoms with Gasteiger partial charge in [-0.05, 0) is 6.92 Å². The summed E-state index contributed by atoms with van der Waals surface area (Å²) in [5.74, 6) is -1.27. The molecule has 0 amide bonds. The summed E-state index contributed by atoms with van der Waals surface area (Å²) in [7, 11) is 0. The second kappa shape index (κ2) is 5.53. The van der Waals surface area contributed by atoms with Crippen molar-refractivity contribution in [2.45, 2.75) is 19.1 Å². The molecule has 18 heavy (non-hydrogen) atoms. The first-order valence-corrected chi connectivity index (χ1v) is 5.88. The summed E-state index contributed by atoms with van der Waals surface area (Å²) in [5.41, 5.74) is 5.38. The molecule has 102 valence electrons. The SMILES string of the molecule is CCN(CC(F)(F)F)c1nc(C(N)C(=O)O)cs1. The molecule has 1 aromatic heterocycles. The maximum Gasteiger partial charge on any atom is 0.406 e. The number of hydrogen-bond acceptors (Lipinski definition) is 5. The van der Waals surface area contributed by atoms with Crippen LogP contribution in [-0.4, -0.2) is 35.3 Å². The molecule has 0 aromatic carbocycles. The van der Waals surface area contributed by atoms with Crippen molar-refractivity contribution < 1.29 is 23.1 Å². The number of anilines is 1. The van der Waals surface area contributed by atoms with Crippen LogP contribution in [0.2, 0.25) is 0 Å². The van der Waals surface area contributed by atoms with Crippen molar-refractivity contribution in [2.24, 2.45) is 5.73 Å². The number of aromatic nitrogens is 1. The van der Waals surface area contributed by atoms with Crippen LogP contribution in [-0.2, 0) is 4.79 Å². The number of aliphatic carboxylic acids is 1. The lowest BCUT2D eigenvalue weighted by molar-refractivity contribution is -0.138. The van der Waals surface area contributed by atoms with Crippen molar-refractivity contribution in [3.8, 4) is 0 Å². The Labute approximate surface area is 105 Å². The van der Waals surface area contributed by atoms with Gasteiger partial charge in [-0.1, -0.05) is 0 Å². The highest BCUT2D eigenvalue weighted by atomic mass is 32.1. The molecule has 0 saturated heterocycles. The fourth-order valence-electron chi connectivity index (χ4n) is 1.22. The van der Waals surface area contributed by atoms with Crippen LogP contribution in [0.25, 0.3) is 0 Å². The zero-order valence-corrected chi connectivity index (χ0v) is 10.3. The number of carboxylic acids is 1. The van der Waals surface area contributed by atoms with Crippen molar-refractivity contribution in [1.29, 1.82) is 0 Å². The number of thiazole rings is 1. The van der Waals surface area contributed by atoms with Crippen LogP contribution in [0.3, 0.4) is 0 Å². The highest BCUT2D eigenvalue weighted by Crippen LogP contribution is 2.26. The lowest BCUT2D eigenvalue weighted by atomic mass is 10.2. The second-order valence-electron chi connectivity index (χ2n) is 3.50. The largest absolute Gasteiger partial charge is 0.480 e. The van der Waals surface area contributed by atoms with E-state index < -0.39 is 24.7 Å². The molecule has 3 N–H and O–H groups in total. The number of carboxylic acid groups (broad SMARTS) is 1. The van der Waals surface area contributed by atoms with Gasteiger partial charge in [0.1, 0.15) is 12.6 Å². The van der Waals surface area contributed by atoms with Gasteiger partial charge in [0, 0.05) is 11.9 Å². The molecule has 1 aromatic rings. The Balaban J connectivity index is 2.86. The Morgan fingerprint density at radius 1 is 1.67 bits per heavy atom. The summed E-state index contributed by atoms with van der Waals surface area (Å²) in [6.45, 7) is 0.553. The third-order valence-electron chi connectivity index (χ3n) is 2.12. The molecule has 0 fully saturated rings. The van der Waals surface area contributed by atoms with Crippen LogP contribution in [0.4, 0.5) is 18.3 Å². The summed E-state index contributed by atoms with van der Waals surface area (Å²) in [5, 5.41) is 10.1. The summed E-state index contributed by atoms with van der Waals surface area (Å²) in [4.78, 5) is 15.5. The fourth-order valence-corrected chi connectivity index (χ4v) is 2.15. The van der Waals surface area contributed by atoms with E-state index in [9.17, 15) is 18.0 Å². The van der Waals surface area contributed by atoms with Crippen LogP contribution in [0.5, 0.6) is 0 Å². The molecule has 1 heterocycles. The Bertz CT molecular complexity index is 421. The molecule has 1 atom stereocenters. The van der Waals surface area contributed by atoms with E-state index in [-0.39, 0.29) is 17.4 Å². The van der Waals surface area contributed by atoms with E-state index >= 15 is 0 Å². The van der Waals surface area contributed by atoms with Crippen molar-refractivity contribution in [3.63, 3.8) is 0 Å².